The van der Waals surface area contributed by atoms with Crippen molar-refractivity contribution in [2.45, 2.75) is 45.5 Å². The average molecular weight is 290 g/mol. The van der Waals surface area contributed by atoms with Gasteiger partial charge < -0.3 is 24.1 Å². The molecule has 0 bridgehead atoms. The van der Waals surface area contributed by atoms with Gasteiger partial charge in [0.1, 0.15) is 25.1 Å². The Hall–Kier alpha value is -1.96. The molecule has 0 aromatic carbocycles. The second-order valence-corrected chi connectivity index (χ2v) is 3.99. The van der Waals surface area contributed by atoms with Gasteiger partial charge in [-0.25, -0.2) is 0 Å². The fourth-order valence-corrected chi connectivity index (χ4v) is 1.45. The summed E-state index contributed by atoms with van der Waals surface area (Å²) < 4.78 is 14.3. The highest BCUT2D eigenvalue weighted by Gasteiger charge is 2.34. The SMILES string of the molecule is CC(=O)OC[C@@H](O)[C@@H](OC(C)=O)[C@@H](CC=O)OC(C)=O. The second kappa shape index (κ2) is 9.03. The number of aldehydes is 1. The first-order valence-corrected chi connectivity index (χ1v) is 5.87. The number of esters is 3. The van der Waals surface area contributed by atoms with E-state index in [2.05, 4.69) is 4.74 Å². The van der Waals surface area contributed by atoms with Crippen molar-refractivity contribution in [1.82, 2.24) is 0 Å². The van der Waals surface area contributed by atoms with E-state index in [0.29, 0.717) is 6.29 Å². The Morgan fingerprint density at radius 1 is 1.05 bits per heavy atom. The predicted molar refractivity (Wildman–Crippen MR) is 64.4 cm³/mol. The molecule has 0 radical (unpaired) electrons. The zero-order chi connectivity index (χ0) is 15.7. The molecular weight excluding hydrogens is 272 g/mol. The Balaban J connectivity index is 4.94. The molecule has 1 N–H and O–H groups in total. The van der Waals surface area contributed by atoms with Crippen LogP contribution in [-0.4, -0.2) is 54.2 Å². The Bertz CT molecular complexity index is 364. The largest absolute Gasteiger partial charge is 0.463 e. The molecule has 0 unspecified atom stereocenters. The van der Waals surface area contributed by atoms with Gasteiger partial charge in [-0.05, 0) is 0 Å². The second-order valence-electron chi connectivity index (χ2n) is 3.99. The van der Waals surface area contributed by atoms with Crippen LogP contribution in [0.25, 0.3) is 0 Å². The van der Waals surface area contributed by atoms with Crippen LogP contribution in [0.15, 0.2) is 0 Å². The minimum Gasteiger partial charge on any atom is -0.463 e. The summed E-state index contributed by atoms with van der Waals surface area (Å²) in [4.78, 5) is 43.2. The predicted octanol–water partition coefficient (Wildman–Crippen LogP) is -0.637. The van der Waals surface area contributed by atoms with Gasteiger partial charge in [0.15, 0.2) is 6.10 Å². The lowest BCUT2D eigenvalue weighted by molar-refractivity contribution is -0.180. The van der Waals surface area contributed by atoms with Crippen molar-refractivity contribution >= 4 is 24.2 Å². The summed E-state index contributed by atoms with van der Waals surface area (Å²) in [7, 11) is 0. The molecule has 0 aromatic heterocycles. The van der Waals surface area contributed by atoms with Crippen molar-refractivity contribution in [3.8, 4) is 0 Å². The summed E-state index contributed by atoms with van der Waals surface area (Å²) in [6.07, 6.45) is -3.69. The fraction of sp³-hybridized carbons (Fsp3) is 0.667. The van der Waals surface area contributed by atoms with Crippen molar-refractivity contribution in [3.05, 3.63) is 0 Å². The van der Waals surface area contributed by atoms with Gasteiger partial charge in [-0.15, -0.1) is 0 Å². The molecule has 0 aromatic rings. The Kier molecular flexibility index (Phi) is 8.14. The van der Waals surface area contributed by atoms with Crippen LogP contribution in [0.4, 0.5) is 0 Å². The van der Waals surface area contributed by atoms with Gasteiger partial charge in [0.2, 0.25) is 0 Å². The van der Waals surface area contributed by atoms with Crippen LogP contribution >= 0.6 is 0 Å². The summed E-state index contributed by atoms with van der Waals surface area (Å²) >= 11 is 0. The number of hydrogen-bond acceptors (Lipinski definition) is 8. The number of rotatable bonds is 8. The first-order chi connectivity index (χ1) is 9.27. The van der Waals surface area contributed by atoms with Crippen LogP contribution in [0.2, 0.25) is 0 Å². The number of carbonyl (C=O) groups is 4. The van der Waals surface area contributed by atoms with E-state index in [0.717, 1.165) is 20.8 Å². The molecule has 8 heteroatoms. The fourth-order valence-electron chi connectivity index (χ4n) is 1.45. The monoisotopic (exact) mass is 290 g/mol. The van der Waals surface area contributed by atoms with E-state index in [1.165, 1.54) is 0 Å². The molecule has 8 nitrogen and oxygen atoms in total. The molecule has 0 rings (SSSR count). The number of carbonyl (C=O) groups excluding carboxylic acids is 4. The lowest BCUT2D eigenvalue weighted by atomic mass is 10.1. The Morgan fingerprint density at radius 2 is 1.60 bits per heavy atom. The van der Waals surface area contributed by atoms with Crippen molar-refractivity contribution in [2.24, 2.45) is 0 Å². The molecule has 0 aliphatic carbocycles. The first-order valence-electron chi connectivity index (χ1n) is 5.87. The van der Waals surface area contributed by atoms with Crippen molar-refractivity contribution in [1.29, 1.82) is 0 Å². The number of hydrogen-bond donors (Lipinski definition) is 1. The highest BCUT2D eigenvalue weighted by molar-refractivity contribution is 5.68. The molecular formula is C12H18O8. The minimum absolute atomic E-state index is 0.269. The van der Waals surface area contributed by atoms with E-state index in [1.54, 1.807) is 0 Å². The lowest BCUT2D eigenvalue weighted by Crippen LogP contribution is -2.45. The van der Waals surface area contributed by atoms with Gasteiger partial charge in [-0.2, -0.15) is 0 Å². The maximum absolute atomic E-state index is 11.0. The van der Waals surface area contributed by atoms with Gasteiger partial charge in [0.25, 0.3) is 0 Å². The summed E-state index contributed by atoms with van der Waals surface area (Å²) in [5.74, 6) is -2.07. The molecule has 0 heterocycles. The van der Waals surface area contributed by atoms with Gasteiger partial charge in [-0.1, -0.05) is 0 Å². The van der Waals surface area contributed by atoms with Crippen molar-refractivity contribution in [2.75, 3.05) is 6.61 Å². The van der Waals surface area contributed by atoms with Crippen LogP contribution in [0.5, 0.6) is 0 Å². The summed E-state index contributed by atoms with van der Waals surface area (Å²) in [5, 5.41) is 9.85. The third-order valence-electron chi connectivity index (χ3n) is 2.15. The van der Waals surface area contributed by atoms with Crippen LogP contribution in [0, 0.1) is 0 Å². The number of ether oxygens (including phenoxy) is 3. The van der Waals surface area contributed by atoms with Crippen molar-refractivity contribution < 1.29 is 38.5 Å². The summed E-state index contributed by atoms with van der Waals surface area (Å²) in [6, 6.07) is 0. The van der Waals surface area contributed by atoms with Crippen molar-refractivity contribution in [3.63, 3.8) is 0 Å². The molecule has 0 saturated heterocycles. The molecule has 114 valence electrons. The summed E-state index contributed by atoms with van der Waals surface area (Å²) in [6.45, 7) is 2.89. The third kappa shape index (κ3) is 7.47. The first kappa shape index (κ1) is 18.0. The Morgan fingerprint density at radius 3 is 2.00 bits per heavy atom. The minimum atomic E-state index is -1.42. The van der Waals surface area contributed by atoms with Gasteiger partial charge in [-0.3, -0.25) is 14.4 Å². The average Bonchev–Trinajstić information content (AvgIpc) is 2.31. The molecule has 20 heavy (non-hydrogen) atoms. The normalized spacial score (nSPS) is 14.6. The quantitative estimate of drug-likeness (QED) is 0.356. The van der Waals surface area contributed by atoms with E-state index < -0.39 is 42.8 Å². The van der Waals surface area contributed by atoms with Gasteiger partial charge in [0.05, 0.1) is 0 Å². The smallest absolute Gasteiger partial charge is 0.303 e. The molecule has 0 aliphatic rings. The zero-order valence-corrected chi connectivity index (χ0v) is 11.5. The molecule has 0 aliphatic heterocycles. The molecule has 0 fully saturated rings. The van der Waals surface area contributed by atoms with Crippen LogP contribution in [0.1, 0.15) is 27.2 Å². The van der Waals surface area contributed by atoms with E-state index in [1.807, 2.05) is 0 Å². The third-order valence-corrected chi connectivity index (χ3v) is 2.15. The van der Waals surface area contributed by atoms with E-state index >= 15 is 0 Å². The number of aliphatic hydroxyl groups excluding tert-OH is 1. The maximum Gasteiger partial charge on any atom is 0.303 e. The van der Waals surface area contributed by atoms with Crippen LogP contribution < -0.4 is 0 Å². The highest BCUT2D eigenvalue weighted by atomic mass is 16.6. The van der Waals surface area contributed by atoms with Crippen LogP contribution in [0.3, 0.4) is 0 Å². The van der Waals surface area contributed by atoms with Crippen LogP contribution in [-0.2, 0) is 33.4 Å². The Labute approximate surface area is 116 Å². The molecule has 0 spiro atoms. The molecule has 3 atom stereocenters. The highest BCUT2D eigenvalue weighted by Crippen LogP contribution is 2.14. The summed E-state index contributed by atoms with van der Waals surface area (Å²) in [5.41, 5.74) is 0. The molecule has 0 saturated carbocycles. The maximum atomic E-state index is 11.0. The molecule has 0 amide bonds. The number of aliphatic hydroxyl groups is 1. The van der Waals surface area contributed by atoms with E-state index in [4.69, 9.17) is 9.47 Å². The lowest BCUT2D eigenvalue weighted by Gasteiger charge is -2.28. The van der Waals surface area contributed by atoms with E-state index in [-0.39, 0.29) is 6.42 Å². The van der Waals surface area contributed by atoms with E-state index in [9.17, 15) is 24.3 Å². The zero-order valence-electron chi connectivity index (χ0n) is 11.5. The van der Waals surface area contributed by atoms with Gasteiger partial charge in [0, 0.05) is 27.2 Å². The standard InChI is InChI=1S/C12H18O8/c1-7(14)18-6-10(17)12(20-9(3)16)11(4-5-13)19-8(2)15/h5,10-12,17H,4,6H2,1-3H3/t10-,11-,12-/m1/s1. The topological polar surface area (TPSA) is 116 Å². The van der Waals surface area contributed by atoms with Gasteiger partial charge >= 0.3 is 17.9 Å².